The van der Waals surface area contributed by atoms with Crippen molar-refractivity contribution in [1.29, 1.82) is 0 Å². The summed E-state index contributed by atoms with van der Waals surface area (Å²) in [6.07, 6.45) is 3.45. The van der Waals surface area contributed by atoms with Crippen LogP contribution in [0, 0.1) is 0 Å². The molecule has 16 heavy (non-hydrogen) atoms. The zero-order valence-corrected chi connectivity index (χ0v) is 9.13. The SMILES string of the molecule is CN1C(=O)CCC1n1cnc2ccccc21. The van der Waals surface area contributed by atoms with Gasteiger partial charge in [-0.3, -0.25) is 4.79 Å². The van der Waals surface area contributed by atoms with Crippen LogP contribution in [0.25, 0.3) is 11.0 Å². The van der Waals surface area contributed by atoms with Crippen molar-refractivity contribution in [2.75, 3.05) is 7.05 Å². The third-order valence-corrected chi connectivity index (χ3v) is 3.26. The summed E-state index contributed by atoms with van der Waals surface area (Å²) < 4.78 is 2.08. The van der Waals surface area contributed by atoms with E-state index < -0.39 is 0 Å². The van der Waals surface area contributed by atoms with Crippen LogP contribution in [0.2, 0.25) is 0 Å². The Kier molecular flexibility index (Phi) is 1.96. The predicted molar refractivity (Wildman–Crippen MR) is 60.8 cm³/mol. The Hall–Kier alpha value is -1.84. The number of nitrogens with zero attached hydrogens (tertiary/aromatic N) is 3. The molecule has 4 heteroatoms. The molecule has 1 atom stereocenters. The molecular formula is C12H13N3O. The zero-order valence-electron chi connectivity index (χ0n) is 9.13. The van der Waals surface area contributed by atoms with Gasteiger partial charge < -0.3 is 9.47 Å². The lowest BCUT2D eigenvalue weighted by Crippen LogP contribution is -2.26. The maximum atomic E-state index is 11.5. The summed E-state index contributed by atoms with van der Waals surface area (Å²) in [5.41, 5.74) is 2.07. The van der Waals surface area contributed by atoms with Crippen molar-refractivity contribution >= 4 is 16.9 Å². The number of carbonyl (C=O) groups is 1. The second-order valence-corrected chi connectivity index (χ2v) is 4.16. The van der Waals surface area contributed by atoms with E-state index in [0.29, 0.717) is 6.42 Å². The molecular weight excluding hydrogens is 202 g/mol. The van der Waals surface area contributed by atoms with Gasteiger partial charge in [0.05, 0.1) is 17.4 Å². The third kappa shape index (κ3) is 1.23. The Balaban J connectivity index is 2.09. The van der Waals surface area contributed by atoms with E-state index in [-0.39, 0.29) is 12.1 Å². The zero-order chi connectivity index (χ0) is 11.1. The van der Waals surface area contributed by atoms with E-state index in [4.69, 9.17) is 0 Å². The highest BCUT2D eigenvalue weighted by Gasteiger charge is 2.29. The van der Waals surface area contributed by atoms with Crippen LogP contribution < -0.4 is 0 Å². The highest BCUT2D eigenvalue weighted by atomic mass is 16.2. The normalized spacial score (nSPS) is 20.9. The number of aromatic nitrogens is 2. The van der Waals surface area contributed by atoms with E-state index in [1.807, 2.05) is 37.6 Å². The monoisotopic (exact) mass is 215 g/mol. The van der Waals surface area contributed by atoms with Gasteiger partial charge in [-0.2, -0.15) is 0 Å². The van der Waals surface area contributed by atoms with Gasteiger partial charge in [-0.15, -0.1) is 0 Å². The van der Waals surface area contributed by atoms with E-state index in [1.165, 1.54) is 0 Å². The Morgan fingerprint density at radius 2 is 2.19 bits per heavy atom. The Morgan fingerprint density at radius 3 is 2.94 bits per heavy atom. The average molecular weight is 215 g/mol. The Labute approximate surface area is 93.5 Å². The van der Waals surface area contributed by atoms with Crippen molar-refractivity contribution in [2.24, 2.45) is 0 Å². The fourth-order valence-corrected chi connectivity index (χ4v) is 2.33. The van der Waals surface area contributed by atoms with Crippen LogP contribution in [0.3, 0.4) is 0 Å². The molecule has 1 saturated heterocycles. The minimum atomic E-state index is 0.125. The number of para-hydroxylation sites is 2. The first-order valence-electron chi connectivity index (χ1n) is 5.44. The molecule has 1 amide bonds. The smallest absolute Gasteiger partial charge is 0.224 e. The first-order valence-corrected chi connectivity index (χ1v) is 5.44. The van der Waals surface area contributed by atoms with Crippen LogP contribution in [0.5, 0.6) is 0 Å². The molecule has 82 valence electrons. The van der Waals surface area contributed by atoms with Gasteiger partial charge >= 0.3 is 0 Å². The quantitative estimate of drug-likeness (QED) is 0.727. The number of hydrogen-bond donors (Lipinski definition) is 0. The fourth-order valence-electron chi connectivity index (χ4n) is 2.33. The van der Waals surface area contributed by atoms with E-state index in [2.05, 4.69) is 9.55 Å². The highest BCUT2D eigenvalue weighted by Crippen LogP contribution is 2.29. The molecule has 1 aliphatic rings. The summed E-state index contributed by atoms with van der Waals surface area (Å²) in [6.45, 7) is 0. The molecule has 3 rings (SSSR count). The van der Waals surface area contributed by atoms with Crippen LogP contribution in [0.15, 0.2) is 30.6 Å². The summed E-state index contributed by atoms with van der Waals surface area (Å²) in [5.74, 6) is 0.211. The second-order valence-electron chi connectivity index (χ2n) is 4.16. The first kappa shape index (κ1) is 9.39. The first-order chi connectivity index (χ1) is 7.77. The summed E-state index contributed by atoms with van der Waals surface area (Å²) >= 11 is 0. The molecule has 2 heterocycles. The van der Waals surface area contributed by atoms with Crippen molar-refractivity contribution in [3.05, 3.63) is 30.6 Å². The minimum Gasteiger partial charge on any atom is -0.325 e. The van der Waals surface area contributed by atoms with Gasteiger partial charge in [0, 0.05) is 13.5 Å². The number of imidazole rings is 1. The number of likely N-dealkylation sites (tertiary alicyclic amines) is 1. The lowest BCUT2D eigenvalue weighted by atomic mass is 10.3. The molecule has 0 saturated carbocycles. The van der Waals surface area contributed by atoms with Crippen molar-refractivity contribution < 1.29 is 4.79 Å². The van der Waals surface area contributed by atoms with Crippen molar-refractivity contribution in [2.45, 2.75) is 19.0 Å². The van der Waals surface area contributed by atoms with Crippen molar-refractivity contribution in [3.63, 3.8) is 0 Å². The number of rotatable bonds is 1. The van der Waals surface area contributed by atoms with Gasteiger partial charge in [0.2, 0.25) is 5.91 Å². The molecule has 2 aromatic rings. The lowest BCUT2D eigenvalue weighted by Gasteiger charge is -2.21. The van der Waals surface area contributed by atoms with Crippen LogP contribution in [0.4, 0.5) is 0 Å². The third-order valence-electron chi connectivity index (χ3n) is 3.26. The minimum absolute atomic E-state index is 0.125. The standard InChI is InChI=1S/C12H13N3O/c1-14-11(6-7-12(14)16)15-8-13-9-4-2-3-5-10(9)15/h2-5,8,11H,6-7H2,1H3. The molecule has 1 aromatic carbocycles. The van der Waals surface area contributed by atoms with Crippen molar-refractivity contribution in [3.8, 4) is 0 Å². The Morgan fingerprint density at radius 1 is 1.38 bits per heavy atom. The maximum absolute atomic E-state index is 11.5. The van der Waals surface area contributed by atoms with Gasteiger partial charge in [0.1, 0.15) is 6.17 Å². The average Bonchev–Trinajstić information content (AvgIpc) is 2.85. The van der Waals surface area contributed by atoms with E-state index in [9.17, 15) is 4.79 Å². The molecule has 0 spiro atoms. The molecule has 4 nitrogen and oxygen atoms in total. The van der Waals surface area contributed by atoms with Crippen LogP contribution >= 0.6 is 0 Å². The number of benzene rings is 1. The van der Waals surface area contributed by atoms with E-state index in [0.717, 1.165) is 17.5 Å². The largest absolute Gasteiger partial charge is 0.325 e. The summed E-state index contributed by atoms with van der Waals surface area (Å²) in [6, 6.07) is 8.00. The molecule has 0 aliphatic carbocycles. The topological polar surface area (TPSA) is 38.1 Å². The maximum Gasteiger partial charge on any atom is 0.224 e. The molecule has 1 fully saturated rings. The number of fused-ring (bicyclic) bond motifs is 1. The fraction of sp³-hybridized carbons (Fsp3) is 0.333. The summed E-state index contributed by atoms with van der Waals surface area (Å²) in [5, 5.41) is 0. The van der Waals surface area contributed by atoms with Crippen LogP contribution in [-0.4, -0.2) is 27.4 Å². The molecule has 0 bridgehead atoms. The van der Waals surface area contributed by atoms with E-state index >= 15 is 0 Å². The molecule has 1 aromatic heterocycles. The van der Waals surface area contributed by atoms with Gasteiger partial charge in [0.15, 0.2) is 0 Å². The lowest BCUT2D eigenvalue weighted by molar-refractivity contribution is -0.128. The highest BCUT2D eigenvalue weighted by molar-refractivity contribution is 5.79. The summed E-state index contributed by atoms with van der Waals surface area (Å²) in [7, 11) is 1.86. The molecule has 1 aliphatic heterocycles. The molecule has 0 radical (unpaired) electrons. The van der Waals surface area contributed by atoms with Crippen LogP contribution in [-0.2, 0) is 4.79 Å². The van der Waals surface area contributed by atoms with E-state index in [1.54, 1.807) is 4.90 Å². The Bertz CT molecular complexity index is 546. The molecule has 0 N–H and O–H groups in total. The predicted octanol–water partition coefficient (Wildman–Crippen LogP) is 1.79. The second kappa shape index (κ2) is 3.33. The molecule has 1 unspecified atom stereocenters. The van der Waals surface area contributed by atoms with Gasteiger partial charge in [0.25, 0.3) is 0 Å². The number of hydrogen-bond acceptors (Lipinski definition) is 2. The van der Waals surface area contributed by atoms with Gasteiger partial charge in [-0.25, -0.2) is 4.98 Å². The summed E-state index contributed by atoms with van der Waals surface area (Å²) in [4.78, 5) is 17.7. The van der Waals surface area contributed by atoms with Gasteiger partial charge in [-0.05, 0) is 18.6 Å². The van der Waals surface area contributed by atoms with Crippen molar-refractivity contribution in [1.82, 2.24) is 14.5 Å². The van der Waals surface area contributed by atoms with Gasteiger partial charge in [-0.1, -0.05) is 12.1 Å². The number of amides is 1. The number of carbonyl (C=O) groups excluding carboxylic acids is 1. The van der Waals surface area contributed by atoms with Crippen LogP contribution in [0.1, 0.15) is 19.0 Å².